The van der Waals surface area contributed by atoms with Gasteiger partial charge in [-0.1, -0.05) is 0 Å². The summed E-state index contributed by atoms with van der Waals surface area (Å²) in [5.41, 5.74) is 11.2. The van der Waals surface area contributed by atoms with Crippen molar-refractivity contribution in [2.75, 3.05) is 5.73 Å². The number of amides is 1. The summed E-state index contributed by atoms with van der Waals surface area (Å²) in [6.45, 7) is 0. The van der Waals surface area contributed by atoms with Crippen molar-refractivity contribution in [3.05, 3.63) is 10.9 Å². The van der Waals surface area contributed by atoms with E-state index in [2.05, 4.69) is 30.9 Å². The summed E-state index contributed by atoms with van der Waals surface area (Å²) < 4.78 is 1.52. The Morgan fingerprint density at radius 3 is 2.86 bits per heavy atom. The van der Waals surface area contributed by atoms with Gasteiger partial charge in [0.2, 0.25) is 5.95 Å². The molecule has 1 amide bonds. The molecule has 2 aromatic rings. The van der Waals surface area contributed by atoms with Crippen molar-refractivity contribution in [2.45, 2.75) is 0 Å². The van der Waals surface area contributed by atoms with E-state index in [-0.39, 0.29) is 5.95 Å². The van der Waals surface area contributed by atoms with E-state index in [0.717, 1.165) is 4.57 Å². The minimum atomic E-state index is -0.651. The summed E-state index contributed by atoms with van der Waals surface area (Å²) in [5, 5.41) is 0. The van der Waals surface area contributed by atoms with Crippen LogP contribution < -0.4 is 11.5 Å². The van der Waals surface area contributed by atoms with Gasteiger partial charge in [0.15, 0.2) is 5.65 Å². The number of hydrogen-bond acceptors (Lipinski definition) is 5. The van der Waals surface area contributed by atoms with E-state index in [1.165, 1.54) is 6.33 Å². The van der Waals surface area contributed by atoms with Crippen molar-refractivity contribution in [1.82, 2.24) is 19.5 Å². The first-order valence-corrected chi connectivity index (χ1v) is 4.35. The fraction of sp³-hybridized carbons (Fsp3) is 0. The number of nitrogens with two attached hydrogens (primary N) is 2. The Kier molecular flexibility index (Phi) is 1.84. The number of carbonyl (C=O) groups is 1. The van der Waals surface area contributed by atoms with Gasteiger partial charge in [0, 0.05) is 0 Å². The monoisotopic (exact) mass is 256 g/mol. The number of fused-ring (bicyclic) bond motifs is 1. The van der Waals surface area contributed by atoms with Gasteiger partial charge in [-0.2, -0.15) is 4.98 Å². The summed E-state index contributed by atoms with van der Waals surface area (Å²) in [6, 6.07) is -0.651. The predicted octanol–water partition coefficient (Wildman–Crippen LogP) is 0.0978. The predicted molar refractivity (Wildman–Crippen MR) is 52.4 cm³/mol. The lowest BCUT2D eigenvalue weighted by molar-refractivity contribution is 0.251. The maximum Gasteiger partial charge on any atom is 0.324 e. The number of primary amides is 1. The second-order valence-electron chi connectivity index (χ2n) is 2.50. The Labute approximate surface area is 86.3 Å². The Hall–Kier alpha value is -1.70. The van der Waals surface area contributed by atoms with Gasteiger partial charge in [-0.25, -0.2) is 19.3 Å². The van der Waals surface area contributed by atoms with E-state index in [1.54, 1.807) is 0 Å². The molecule has 2 rings (SSSR count). The number of anilines is 1. The van der Waals surface area contributed by atoms with Crippen LogP contribution in [0.25, 0.3) is 11.2 Å². The second-order valence-corrected chi connectivity index (χ2v) is 3.25. The summed E-state index contributed by atoms with van der Waals surface area (Å²) >= 11 is 3.15. The molecule has 4 N–H and O–H groups in total. The van der Waals surface area contributed by atoms with Crippen LogP contribution in [0.3, 0.4) is 0 Å². The number of carbonyl (C=O) groups excluding carboxylic acids is 1. The molecule has 0 aliphatic rings. The third-order valence-electron chi connectivity index (χ3n) is 1.61. The summed E-state index contributed by atoms with van der Waals surface area (Å²) in [6.07, 6.45) is 1.27. The van der Waals surface area contributed by atoms with Gasteiger partial charge in [-0.15, -0.1) is 0 Å². The van der Waals surface area contributed by atoms with Crippen molar-refractivity contribution in [3.8, 4) is 0 Å². The second kappa shape index (κ2) is 2.91. The fourth-order valence-electron chi connectivity index (χ4n) is 1.07. The van der Waals surface area contributed by atoms with Crippen LogP contribution >= 0.6 is 15.9 Å². The smallest absolute Gasteiger partial charge is 0.324 e. The average Bonchev–Trinajstić information content (AvgIpc) is 2.47. The van der Waals surface area contributed by atoms with E-state index < -0.39 is 6.03 Å². The Morgan fingerprint density at radius 2 is 2.21 bits per heavy atom. The topological polar surface area (TPSA) is 113 Å². The quantitative estimate of drug-likeness (QED) is 0.649. The van der Waals surface area contributed by atoms with Gasteiger partial charge in [-0.3, -0.25) is 0 Å². The van der Waals surface area contributed by atoms with Crippen LogP contribution in [0.5, 0.6) is 0 Å². The third-order valence-corrected chi connectivity index (χ3v) is 2.17. The molecular formula is C6H5BrN6O. The zero-order valence-electron chi connectivity index (χ0n) is 6.81. The molecule has 7 nitrogen and oxygen atoms in total. The first-order chi connectivity index (χ1) is 6.59. The number of nitrogens with zero attached hydrogens (tertiary/aromatic N) is 4. The molecular weight excluding hydrogens is 252 g/mol. The number of hydrogen-bond donors (Lipinski definition) is 2. The first kappa shape index (κ1) is 8.88. The molecule has 0 bridgehead atoms. The number of rotatable bonds is 0. The minimum absolute atomic E-state index is 0.0825. The van der Waals surface area contributed by atoms with Crippen LogP contribution in [-0.4, -0.2) is 25.6 Å². The standard InChI is InChI=1S/C6H5BrN6O/c7-3-2-4(12-5(8)11-3)10-1-13(2)6(9)14/h1H,(H2,9,14)(H2,8,11,12). The van der Waals surface area contributed by atoms with E-state index in [1.807, 2.05) is 0 Å². The molecule has 8 heteroatoms. The van der Waals surface area contributed by atoms with Crippen molar-refractivity contribution in [1.29, 1.82) is 0 Å². The highest BCUT2D eigenvalue weighted by atomic mass is 79.9. The number of aromatic nitrogens is 4. The highest BCUT2D eigenvalue weighted by molar-refractivity contribution is 9.10. The molecule has 0 saturated heterocycles. The van der Waals surface area contributed by atoms with Crippen LogP contribution in [0.4, 0.5) is 10.7 Å². The van der Waals surface area contributed by atoms with Gasteiger partial charge in [0.25, 0.3) is 0 Å². The lowest BCUT2D eigenvalue weighted by Gasteiger charge is -1.99. The summed E-state index contributed by atoms with van der Waals surface area (Å²) in [5.74, 6) is 0.0825. The number of nitrogen functional groups attached to an aromatic ring is 1. The number of imidazole rings is 1. The zero-order chi connectivity index (χ0) is 10.3. The summed E-state index contributed by atoms with van der Waals surface area (Å²) in [7, 11) is 0. The molecule has 0 atom stereocenters. The maximum absolute atomic E-state index is 11.0. The SMILES string of the molecule is NC(=O)n1cnc2nc(N)nc(Br)c21. The molecule has 0 saturated carbocycles. The fourth-order valence-corrected chi connectivity index (χ4v) is 1.62. The van der Waals surface area contributed by atoms with Crippen molar-refractivity contribution >= 4 is 39.1 Å². The highest BCUT2D eigenvalue weighted by Gasteiger charge is 2.12. The lowest BCUT2D eigenvalue weighted by atomic mass is 10.5. The molecule has 2 aromatic heterocycles. The maximum atomic E-state index is 11.0. The van der Waals surface area contributed by atoms with Gasteiger partial charge < -0.3 is 11.5 Å². The number of halogens is 1. The lowest BCUT2D eigenvalue weighted by Crippen LogP contribution is -2.18. The molecule has 0 unspecified atom stereocenters. The Balaban J connectivity index is 2.85. The molecule has 0 fully saturated rings. The van der Waals surface area contributed by atoms with Crippen molar-refractivity contribution in [3.63, 3.8) is 0 Å². The van der Waals surface area contributed by atoms with Crippen LogP contribution in [0, 0.1) is 0 Å². The molecule has 2 heterocycles. The molecule has 0 aliphatic heterocycles. The van der Waals surface area contributed by atoms with Crippen molar-refractivity contribution < 1.29 is 4.79 Å². The van der Waals surface area contributed by atoms with E-state index in [4.69, 9.17) is 11.5 Å². The van der Waals surface area contributed by atoms with Crippen molar-refractivity contribution in [2.24, 2.45) is 5.73 Å². The van der Waals surface area contributed by atoms with Crippen LogP contribution in [0.15, 0.2) is 10.9 Å². The van der Waals surface area contributed by atoms with Crippen LogP contribution in [0.1, 0.15) is 0 Å². The average molecular weight is 257 g/mol. The van der Waals surface area contributed by atoms with E-state index >= 15 is 0 Å². The van der Waals surface area contributed by atoms with Gasteiger partial charge in [0.05, 0.1) is 0 Å². The Bertz CT molecular complexity index is 520. The molecule has 0 spiro atoms. The van der Waals surface area contributed by atoms with E-state index in [9.17, 15) is 4.79 Å². The minimum Gasteiger partial charge on any atom is -0.368 e. The molecule has 0 radical (unpaired) electrons. The van der Waals surface area contributed by atoms with Crippen LogP contribution in [-0.2, 0) is 0 Å². The first-order valence-electron chi connectivity index (χ1n) is 3.55. The van der Waals surface area contributed by atoms with E-state index in [0.29, 0.717) is 15.8 Å². The van der Waals surface area contributed by atoms with Gasteiger partial charge in [-0.05, 0) is 15.9 Å². The van der Waals surface area contributed by atoms with Gasteiger partial charge in [0.1, 0.15) is 16.4 Å². The van der Waals surface area contributed by atoms with Gasteiger partial charge >= 0.3 is 6.03 Å². The molecule has 72 valence electrons. The molecule has 0 aliphatic carbocycles. The molecule has 14 heavy (non-hydrogen) atoms. The normalized spacial score (nSPS) is 10.6. The highest BCUT2D eigenvalue weighted by Crippen LogP contribution is 2.20. The largest absolute Gasteiger partial charge is 0.368 e. The van der Waals surface area contributed by atoms with Crippen LogP contribution in [0.2, 0.25) is 0 Å². The zero-order valence-corrected chi connectivity index (χ0v) is 8.39. The Morgan fingerprint density at radius 1 is 1.50 bits per heavy atom. The molecule has 0 aromatic carbocycles. The third kappa shape index (κ3) is 1.20. The summed E-state index contributed by atoms with van der Waals surface area (Å²) in [4.78, 5) is 22.5.